The molecule has 1 aromatic carbocycles. The van der Waals surface area contributed by atoms with E-state index in [1.807, 2.05) is 54.8 Å². The van der Waals surface area contributed by atoms with E-state index in [1.165, 1.54) is 12.1 Å². The molecule has 2 rings (SSSR count). The molecule has 1 heterocycles. The summed E-state index contributed by atoms with van der Waals surface area (Å²) in [6.07, 6.45) is 1.85. The van der Waals surface area contributed by atoms with Gasteiger partial charge in [0.05, 0.1) is 18.4 Å². The predicted molar refractivity (Wildman–Crippen MR) is 111 cm³/mol. The maximum absolute atomic E-state index is 13.3. The van der Waals surface area contributed by atoms with Crippen molar-refractivity contribution in [1.29, 1.82) is 0 Å². The van der Waals surface area contributed by atoms with E-state index >= 15 is 0 Å². The van der Waals surface area contributed by atoms with Crippen LogP contribution in [0.4, 0.5) is 10.3 Å². The van der Waals surface area contributed by atoms with Gasteiger partial charge >= 0.3 is 0 Å². The van der Waals surface area contributed by atoms with Crippen molar-refractivity contribution >= 4 is 35.9 Å². The number of aliphatic imine (C=N–C) groups is 1. The molecule has 0 saturated heterocycles. The first kappa shape index (κ1) is 21.2. The number of halogens is 2. The quantitative estimate of drug-likeness (QED) is 0.423. The molecule has 0 bridgehead atoms. The van der Waals surface area contributed by atoms with Crippen molar-refractivity contribution < 1.29 is 4.39 Å². The average molecular weight is 460 g/mol. The van der Waals surface area contributed by atoms with Crippen LogP contribution < -0.4 is 10.2 Å². The van der Waals surface area contributed by atoms with Gasteiger partial charge in [-0.15, -0.1) is 24.0 Å². The number of imidazole rings is 1. The van der Waals surface area contributed by atoms with Gasteiger partial charge in [-0.1, -0.05) is 12.1 Å². The van der Waals surface area contributed by atoms with Gasteiger partial charge in [0.2, 0.25) is 5.95 Å². The topological polar surface area (TPSA) is 48.7 Å². The second kappa shape index (κ2) is 9.59. The lowest BCUT2D eigenvalue weighted by Crippen LogP contribution is -2.38. The Kier molecular flexibility index (Phi) is 8.14. The molecule has 1 N–H and O–H groups in total. The van der Waals surface area contributed by atoms with E-state index in [2.05, 4.69) is 15.3 Å². The fourth-order valence-electron chi connectivity index (χ4n) is 2.55. The fraction of sp³-hybridized carbons (Fsp3) is 0.412. The molecule has 8 heteroatoms. The summed E-state index contributed by atoms with van der Waals surface area (Å²) in [7, 11) is 9.57. The second-order valence-corrected chi connectivity index (χ2v) is 5.89. The summed E-state index contributed by atoms with van der Waals surface area (Å²) >= 11 is 0. The number of nitrogens with zero attached hydrogens (tertiary/aromatic N) is 5. The Morgan fingerprint density at radius 2 is 2.04 bits per heavy atom. The molecule has 0 radical (unpaired) electrons. The molecule has 0 aliphatic carbocycles. The van der Waals surface area contributed by atoms with E-state index in [1.54, 1.807) is 13.1 Å². The molecule has 2 aromatic rings. The molecule has 0 aliphatic heterocycles. The molecule has 25 heavy (non-hydrogen) atoms. The first-order valence-electron chi connectivity index (χ1n) is 7.76. The van der Waals surface area contributed by atoms with Crippen molar-refractivity contribution in [3.05, 3.63) is 47.5 Å². The lowest BCUT2D eigenvalue weighted by molar-refractivity contribution is 0.473. The van der Waals surface area contributed by atoms with Crippen LogP contribution in [0.2, 0.25) is 0 Å². The summed E-state index contributed by atoms with van der Waals surface area (Å²) in [5.74, 6) is 1.41. The van der Waals surface area contributed by atoms with Gasteiger partial charge in [0, 0.05) is 41.8 Å². The smallest absolute Gasteiger partial charge is 0.204 e. The molecule has 0 unspecified atom stereocenters. The van der Waals surface area contributed by atoms with Crippen LogP contribution in [0.5, 0.6) is 0 Å². The highest BCUT2D eigenvalue weighted by Gasteiger charge is 2.11. The molecule has 0 fully saturated rings. The third kappa shape index (κ3) is 5.58. The van der Waals surface area contributed by atoms with Gasteiger partial charge in [0.15, 0.2) is 5.96 Å². The molecule has 6 nitrogen and oxygen atoms in total. The van der Waals surface area contributed by atoms with E-state index in [4.69, 9.17) is 0 Å². The number of anilines is 1. The Hall–Kier alpha value is -1.84. The molecule has 1 aromatic heterocycles. The van der Waals surface area contributed by atoms with Crippen molar-refractivity contribution in [2.75, 3.05) is 33.1 Å². The van der Waals surface area contributed by atoms with Crippen molar-refractivity contribution in [3.8, 4) is 0 Å². The van der Waals surface area contributed by atoms with Crippen LogP contribution in [0.3, 0.4) is 0 Å². The Labute approximate surface area is 165 Å². The van der Waals surface area contributed by atoms with Gasteiger partial charge < -0.3 is 19.7 Å². The zero-order valence-corrected chi connectivity index (χ0v) is 17.7. The molecular formula is C17H26FIN6. The minimum absolute atomic E-state index is 0. The minimum atomic E-state index is -0.227. The van der Waals surface area contributed by atoms with E-state index in [9.17, 15) is 4.39 Å². The second-order valence-electron chi connectivity index (χ2n) is 5.89. The molecule has 138 valence electrons. The summed E-state index contributed by atoms with van der Waals surface area (Å²) in [5, 5.41) is 3.32. The Balaban J connectivity index is 0.00000312. The highest BCUT2D eigenvalue weighted by atomic mass is 127. The fourth-order valence-corrected chi connectivity index (χ4v) is 2.55. The first-order valence-corrected chi connectivity index (χ1v) is 7.76. The largest absolute Gasteiger partial charge is 0.351 e. The summed E-state index contributed by atoms with van der Waals surface area (Å²) in [6, 6.07) is 6.60. The number of hydrogen-bond donors (Lipinski definition) is 1. The number of hydrogen-bond acceptors (Lipinski definition) is 3. The normalized spacial score (nSPS) is 11.0. The van der Waals surface area contributed by atoms with Crippen LogP contribution in [0.1, 0.15) is 11.3 Å². The molecule has 0 atom stereocenters. The summed E-state index contributed by atoms with van der Waals surface area (Å²) in [5.41, 5.74) is 1.95. The van der Waals surface area contributed by atoms with E-state index in [-0.39, 0.29) is 29.8 Å². The van der Waals surface area contributed by atoms with Crippen molar-refractivity contribution in [2.24, 2.45) is 12.0 Å². The zero-order valence-electron chi connectivity index (χ0n) is 15.3. The standard InChI is InChI=1S/C17H25FN6.HI/c1-19-16(23(4)12-13-7-6-8-14(18)9-13)20-10-15-11-21-17(22(2)3)24(15)5;/h6-9,11H,10,12H2,1-5H3,(H,19,20);1H. The van der Waals surface area contributed by atoms with Crippen LogP contribution in [0.25, 0.3) is 0 Å². The van der Waals surface area contributed by atoms with Gasteiger partial charge in [-0.2, -0.15) is 0 Å². The Bertz CT molecular complexity index is 713. The van der Waals surface area contributed by atoms with Gasteiger partial charge in [0.1, 0.15) is 5.82 Å². The van der Waals surface area contributed by atoms with Crippen LogP contribution >= 0.6 is 24.0 Å². The van der Waals surface area contributed by atoms with Crippen LogP contribution in [0, 0.1) is 5.82 Å². The third-order valence-corrected chi connectivity index (χ3v) is 3.77. The summed E-state index contributed by atoms with van der Waals surface area (Å²) < 4.78 is 15.3. The van der Waals surface area contributed by atoms with Crippen molar-refractivity contribution in [2.45, 2.75) is 13.1 Å². The predicted octanol–water partition coefficient (Wildman–Crippen LogP) is 2.45. The highest BCUT2D eigenvalue weighted by Crippen LogP contribution is 2.11. The zero-order chi connectivity index (χ0) is 17.7. The highest BCUT2D eigenvalue weighted by molar-refractivity contribution is 14.0. The number of nitrogens with one attached hydrogen (secondary N) is 1. The summed E-state index contributed by atoms with van der Waals surface area (Å²) in [4.78, 5) is 12.6. The molecule has 0 spiro atoms. The average Bonchev–Trinajstić information content (AvgIpc) is 2.89. The van der Waals surface area contributed by atoms with E-state index in [0.717, 1.165) is 23.2 Å². The van der Waals surface area contributed by atoms with Gasteiger partial charge in [-0.3, -0.25) is 4.99 Å². The lowest BCUT2D eigenvalue weighted by Gasteiger charge is -2.22. The minimum Gasteiger partial charge on any atom is -0.351 e. The number of benzene rings is 1. The molecule has 0 aliphatic rings. The number of guanidine groups is 1. The molecule has 0 amide bonds. The van der Waals surface area contributed by atoms with Gasteiger partial charge in [-0.25, -0.2) is 9.37 Å². The molecule has 0 saturated carbocycles. The van der Waals surface area contributed by atoms with Gasteiger partial charge in [0.25, 0.3) is 0 Å². The van der Waals surface area contributed by atoms with Gasteiger partial charge in [-0.05, 0) is 17.7 Å². The van der Waals surface area contributed by atoms with E-state index < -0.39 is 0 Å². The van der Waals surface area contributed by atoms with Crippen molar-refractivity contribution in [3.63, 3.8) is 0 Å². The van der Waals surface area contributed by atoms with Crippen LogP contribution in [-0.2, 0) is 20.1 Å². The lowest BCUT2D eigenvalue weighted by atomic mass is 10.2. The van der Waals surface area contributed by atoms with E-state index in [0.29, 0.717) is 13.1 Å². The maximum atomic E-state index is 13.3. The monoisotopic (exact) mass is 460 g/mol. The van der Waals surface area contributed by atoms with Crippen LogP contribution in [0.15, 0.2) is 35.5 Å². The number of rotatable bonds is 5. The number of aromatic nitrogens is 2. The van der Waals surface area contributed by atoms with Crippen molar-refractivity contribution in [1.82, 2.24) is 19.8 Å². The summed E-state index contributed by atoms with van der Waals surface area (Å²) in [6.45, 7) is 1.18. The SMILES string of the molecule is CN=C(NCc1cnc(N(C)C)n1C)N(C)Cc1cccc(F)c1.I. The maximum Gasteiger partial charge on any atom is 0.204 e. The Morgan fingerprint density at radius 1 is 1.32 bits per heavy atom. The Morgan fingerprint density at radius 3 is 2.60 bits per heavy atom. The first-order chi connectivity index (χ1) is 11.4. The van der Waals surface area contributed by atoms with Crippen LogP contribution in [-0.4, -0.2) is 48.6 Å². The molecular weight excluding hydrogens is 434 g/mol. The third-order valence-electron chi connectivity index (χ3n) is 3.77.